The topological polar surface area (TPSA) is 58.4 Å². The van der Waals surface area contributed by atoms with Crippen LogP contribution < -0.4 is 11.1 Å². The van der Waals surface area contributed by atoms with Gasteiger partial charge in [0.05, 0.1) is 5.56 Å². The lowest BCUT2D eigenvalue weighted by Crippen LogP contribution is -2.38. The average molecular weight is 279 g/mol. The van der Waals surface area contributed by atoms with Gasteiger partial charge in [-0.3, -0.25) is 9.69 Å². The first-order valence-corrected chi connectivity index (χ1v) is 7.95. The molecular formula is C14H21N3OS. The molecule has 2 aliphatic rings. The number of amides is 1. The number of nitrogens with one attached hydrogen (secondary N) is 1. The minimum Gasteiger partial charge on any atom is -0.366 e. The summed E-state index contributed by atoms with van der Waals surface area (Å²) in [5, 5.41) is 5.44. The van der Waals surface area contributed by atoms with E-state index >= 15 is 0 Å². The number of hydrogen-bond acceptors (Lipinski definition) is 4. The van der Waals surface area contributed by atoms with Gasteiger partial charge >= 0.3 is 0 Å². The molecule has 104 valence electrons. The molecule has 0 spiro atoms. The quantitative estimate of drug-likeness (QED) is 0.831. The van der Waals surface area contributed by atoms with Crippen LogP contribution in [0, 0.1) is 0 Å². The summed E-state index contributed by atoms with van der Waals surface area (Å²) in [5.41, 5.74) is 5.95. The highest BCUT2D eigenvalue weighted by Crippen LogP contribution is 2.30. The zero-order valence-corrected chi connectivity index (χ0v) is 11.9. The Labute approximate surface area is 118 Å². The highest BCUT2D eigenvalue weighted by Gasteiger charge is 2.31. The highest BCUT2D eigenvalue weighted by atomic mass is 32.1. The molecule has 19 heavy (non-hydrogen) atoms. The lowest BCUT2D eigenvalue weighted by molar-refractivity contribution is 0.100. The van der Waals surface area contributed by atoms with Gasteiger partial charge < -0.3 is 11.1 Å². The fourth-order valence-electron chi connectivity index (χ4n) is 2.77. The number of nitrogens with two attached hydrogens (primary N) is 1. The van der Waals surface area contributed by atoms with Gasteiger partial charge in [0.25, 0.3) is 0 Å². The largest absolute Gasteiger partial charge is 0.366 e. The third kappa shape index (κ3) is 3.35. The molecule has 1 amide bonds. The predicted octanol–water partition coefficient (Wildman–Crippen LogP) is 1.56. The lowest BCUT2D eigenvalue weighted by atomic mass is 10.2. The second-order valence-electron chi connectivity index (χ2n) is 5.62. The molecule has 3 rings (SSSR count). The second kappa shape index (κ2) is 5.61. The summed E-state index contributed by atoms with van der Waals surface area (Å²) in [6, 6.07) is 3.35. The van der Waals surface area contributed by atoms with Crippen molar-refractivity contribution in [1.29, 1.82) is 0 Å². The van der Waals surface area contributed by atoms with Crippen molar-refractivity contribution < 1.29 is 4.79 Å². The third-order valence-corrected chi connectivity index (χ3v) is 4.90. The first-order chi connectivity index (χ1) is 9.22. The molecule has 1 aliphatic carbocycles. The monoisotopic (exact) mass is 279 g/mol. The standard InChI is InChI=1S/C14H21N3OS/c15-14(18)10-6-13(19-9-10)8-17(12-3-4-12)7-11-2-1-5-16-11/h6,9,11-12,16H,1-5,7-8H2,(H2,15,18). The number of nitrogens with zero attached hydrogens (tertiary/aromatic N) is 1. The van der Waals surface area contributed by atoms with Crippen LogP contribution in [0.15, 0.2) is 11.4 Å². The van der Waals surface area contributed by atoms with Crippen molar-refractivity contribution in [3.8, 4) is 0 Å². The lowest BCUT2D eigenvalue weighted by Gasteiger charge is -2.24. The molecule has 0 radical (unpaired) electrons. The predicted molar refractivity (Wildman–Crippen MR) is 77.3 cm³/mol. The van der Waals surface area contributed by atoms with E-state index in [-0.39, 0.29) is 5.91 Å². The SMILES string of the molecule is NC(=O)c1csc(CN(CC2CCCN2)C2CC2)c1. The van der Waals surface area contributed by atoms with Gasteiger partial charge in [-0.05, 0) is 38.3 Å². The van der Waals surface area contributed by atoms with Crippen LogP contribution in [-0.4, -0.2) is 36.0 Å². The molecule has 1 saturated heterocycles. The van der Waals surface area contributed by atoms with E-state index in [1.165, 1.54) is 30.6 Å². The minimum atomic E-state index is -0.321. The number of carbonyl (C=O) groups is 1. The van der Waals surface area contributed by atoms with Crippen molar-refractivity contribution >= 4 is 17.2 Å². The van der Waals surface area contributed by atoms with Crippen LogP contribution in [-0.2, 0) is 6.54 Å². The summed E-state index contributed by atoms with van der Waals surface area (Å²) in [6.07, 6.45) is 5.23. The molecule has 1 saturated carbocycles. The van der Waals surface area contributed by atoms with Gasteiger partial charge in [-0.15, -0.1) is 11.3 Å². The summed E-state index contributed by atoms with van der Waals surface area (Å²) in [5.74, 6) is -0.321. The van der Waals surface area contributed by atoms with Crippen molar-refractivity contribution in [3.63, 3.8) is 0 Å². The third-order valence-electron chi connectivity index (χ3n) is 3.98. The van der Waals surface area contributed by atoms with E-state index in [2.05, 4.69) is 10.2 Å². The average Bonchev–Trinajstić information content (AvgIpc) is 2.90. The summed E-state index contributed by atoms with van der Waals surface area (Å²) >= 11 is 1.65. The summed E-state index contributed by atoms with van der Waals surface area (Å²) in [4.78, 5) is 14.9. The van der Waals surface area contributed by atoms with Crippen LogP contribution in [0.25, 0.3) is 0 Å². The van der Waals surface area contributed by atoms with Crippen LogP contribution in [0.4, 0.5) is 0 Å². The molecular weight excluding hydrogens is 258 g/mol. The van der Waals surface area contributed by atoms with Gasteiger partial charge in [0.15, 0.2) is 0 Å². The van der Waals surface area contributed by atoms with Gasteiger partial charge in [0.2, 0.25) is 5.91 Å². The Hall–Kier alpha value is -0.910. The molecule has 2 fully saturated rings. The Balaban J connectivity index is 1.61. The first-order valence-electron chi connectivity index (χ1n) is 7.07. The summed E-state index contributed by atoms with van der Waals surface area (Å²) in [7, 11) is 0. The maximum atomic E-state index is 11.1. The number of thiophene rings is 1. The summed E-state index contributed by atoms with van der Waals surface area (Å²) < 4.78 is 0. The molecule has 3 N–H and O–H groups in total. The Kier molecular flexibility index (Phi) is 3.86. The Morgan fingerprint density at radius 3 is 2.89 bits per heavy atom. The number of carbonyl (C=O) groups excluding carboxylic acids is 1. The molecule has 0 aromatic carbocycles. The maximum Gasteiger partial charge on any atom is 0.249 e. The first kappa shape index (κ1) is 13.1. The molecule has 2 heterocycles. The van der Waals surface area contributed by atoms with Crippen molar-refractivity contribution in [3.05, 3.63) is 21.9 Å². The Bertz CT molecular complexity index is 449. The van der Waals surface area contributed by atoms with Gasteiger partial charge in [0.1, 0.15) is 0 Å². The van der Waals surface area contributed by atoms with Crippen LogP contribution in [0.1, 0.15) is 40.9 Å². The second-order valence-corrected chi connectivity index (χ2v) is 6.62. The molecule has 1 atom stereocenters. The van der Waals surface area contributed by atoms with Gasteiger partial charge in [-0.1, -0.05) is 0 Å². The zero-order chi connectivity index (χ0) is 13.2. The fourth-order valence-corrected chi connectivity index (χ4v) is 3.67. The maximum absolute atomic E-state index is 11.1. The van der Waals surface area contributed by atoms with Crippen LogP contribution in [0.5, 0.6) is 0 Å². The van der Waals surface area contributed by atoms with Crippen LogP contribution in [0.3, 0.4) is 0 Å². The number of hydrogen-bond donors (Lipinski definition) is 2. The van der Waals surface area contributed by atoms with E-state index < -0.39 is 0 Å². The molecule has 1 aromatic heterocycles. The Morgan fingerprint density at radius 1 is 1.47 bits per heavy atom. The fraction of sp³-hybridized carbons (Fsp3) is 0.643. The van der Waals surface area contributed by atoms with Gasteiger partial charge in [0, 0.05) is 35.4 Å². The molecule has 1 unspecified atom stereocenters. The molecule has 5 heteroatoms. The molecule has 0 bridgehead atoms. The minimum absolute atomic E-state index is 0.321. The normalized spacial score (nSPS) is 23.1. The van der Waals surface area contributed by atoms with E-state index in [1.54, 1.807) is 11.3 Å². The molecule has 1 aromatic rings. The van der Waals surface area contributed by atoms with Crippen molar-refractivity contribution in [1.82, 2.24) is 10.2 Å². The van der Waals surface area contributed by atoms with Gasteiger partial charge in [-0.2, -0.15) is 0 Å². The molecule has 1 aliphatic heterocycles. The van der Waals surface area contributed by atoms with E-state index in [9.17, 15) is 4.79 Å². The number of primary amides is 1. The van der Waals surface area contributed by atoms with Gasteiger partial charge in [-0.25, -0.2) is 0 Å². The van der Waals surface area contributed by atoms with E-state index in [0.717, 1.165) is 25.7 Å². The van der Waals surface area contributed by atoms with Crippen molar-refractivity contribution in [2.24, 2.45) is 5.73 Å². The smallest absolute Gasteiger partial charge is 0.249 e. The van der Waals surface area contributed by atoms with E-state index in [4.69, 9.17) is 5.73 Å². The number of rotatable bonds is 6. The van der Waals surface area contributed by atoms with Crippen LogP contribution in [0.2, 0.25) is 0 Å². The molecule has 4 nitrogen and oxygen atoms in total. The Morgan fingerprint density at radius 2 is 2.32 bits per heavy atom. The van der Waals surface area contributed by atoms with Crippen molar-refractivity contribution in [2.75, 3.05) is 13.1 Å². The zero-order valence-electron chi connectivity index (χ0n) is 11.1. The van der Waals surface area contributed by atoms with Crippen LogP contribution >= 0.6 is 11.3 Å². The summed E-state index contributed by atoms with van der Waals surface area (Å²) in [6.45, 7) is 3.25. The van der Waals surface area contributed by atoms with E-state index in [0.29, 0.717) is 11.6 Å². The van der Waals surface area contributed by atoms with Crippen molar-refractivity contribution in [2.45, 2.75) is 44.3 Å². The van der Waals surface area contributed by atoms with E-state index in [1.807, 2.05) is 11.4 Å². The highest BCUT2D eigenvalue weighted by molar-refractivity contribution is 7.10.